The maximum atomic E-state index is 14.1. The first kappa shape index (κ1) is 25.5. The van der Waals surface area contributed by atoms with Crippen LogP contribution < -0.4 is 20.1 Å². The van der Waals surface area contributed by atoms with Crippen LogP contribution in [0.25, 0.3) is 11.3 Å². The Bertz CT molecular complexity index is 1690. The van der Waals surface area contributed by atoms with Crippen molar-refractivity contribution in [1.29, 1.82) is 0 Å². The number of methoxy groups -OCH3 is 1. The van der Waals surface area contributed by atoms with Crippen LogP contribution in [0.4, 0.5) is 11.4 Å². The van der Waals surface area contributed by atoms with E-state index in [2.05, 4.69) is 72.4 Å². The molecule has 4 aromatic rings. The van der Waals surface area contributed by atoms with Crippen LogP contribution in [0.2, 0.25) is 0 Å². The van der Waals surface area contributed by atoms with Gasteiger partial charge in [0.15, 0.2) is 0 Å². The number of likely N-dealkylation sites (N-methyl/N-ethyl adjacent to an activating group) is 1. The highest BCUT2D eigenvalue weighted by atomic mass is 32.2. The molecule has 2 aliphatic rings. The fourth-order valence-corrected chi connectivity index (χ4v) is 7.50. The van der Waals surface area contributed by atoms with Crippen LogP contribution in [0.3, 0.4) is 0 Å². The topological polar surface area (TPSA) is 42.6 Å². The quantitative estimate of drug-likeness (QED) is 0.280. The number of rotatable bonds is 5. The van der Waals surface area contributed by atoms with Crippen LogP contribution in [0.1, 0.15) is 11.3 Å². The van der Waals surface area contributed by atoms with E-state index in [9.17, 15) is 4.79 Å². The normalized spacial score (nSPS) is 17.6. The largest absolute Gasteiger partial charge is 0.497 e. The second-order valence-corrected chi connectivity index (χ2v) is 11.8. The van der Waals surface area contributed by atoms with Crippen LogP contribution in [-0.2, 0) is 7.05 Å². The second-order valence-electron chi connectivity index (χ2n) is 9.62. The summed E-state index contributed by atoms with van der Waals surface area (Å²) in [6.07, 6.45) is 4.39. The zero-order valence-electron chi connectivity index (χ0n) is 22.6. The molecule has 6 rings (SSSR count). The van der Waals surface area contributed by atoms with Crippen LogP contribution in [0.15, 0.2) is 105 Å². The average Bonchev–Trinajstić information content (AvgIpc) is 3.52. The van der Waals surface area contributed by atoms with E-state index in [0.717, 1.165) is 38.3 Å². The number of ether oxygens (including phenoxy) is 1. The summed E-state index contributed by atoms with van der Waals surface area (Å²) in [5.74, 6) is 0.841. The monoisotopic (exact) mass is 554 g/mol. The smallest absolute Gasteiger partial charge is 0.279 e. The van der Waals surface area contributed by atoms with Crippen molar-refractivity contribution in [2.24, 2.45) is 7.05 Å². The van der Waals surface area contributed by atoms with Crippen LogP contribution in [-0.4, -0.2) is 35.9 Å². The Kier molecular flexibility index (Phi) is 6.61. The predicted octanol–water partition coefficient (Wildman–Crippen LogP) is 6.53. The minimum atomic E-state index is -0.0303. The SMILES string of the molecule is COc1ccc2c(c1)SC(/C=C(/C=C1/Sc3ccccc3N1C)c1c(C)n(C)n(-c3ccccc3)c1=O)N2C. The first-order valence-electron chi connectivity index (χ1n) is 12.7. The van der Waals surface area contributed by atoms with Crippen molar-refractivity contribution in [1.82, 2.24) is 9.36 Å². The Morgan fingerprint density at radius 3 is 2.41 bits per heavy atom. The first-order chi connectivity index (χ1) is 18.9. The van der Waals surface area contributed by atoms with E-state index in [1.807, 2.05) is 55.1 Å². The van der Waals surface area contributed by atoms with Gasteiger partial charge in [-0.05, 0) is 67.1 Å². The third-order valence-corrected chi connectivity index (χ3v) is 9.83. The number of aromatic nitrogens is 2. The number of para-hydroxylation sites is 2. The number of allylic oxidation sites excluding steroid dienone is 2. The molecular formula is C31H30N4O2S2. The molecule has 1 unspecified atom stereocenters. The standard InChI is InChI=1S/C31H30N4O2S2/c1-20-30(31(36)35(34(20)4)22-11-7-6-8-12-22)21(17-28-32(2)24-13-9-10-14-26(24)38-28)18-29-33(3)25-16-15-23(37-5)19-27(25)39-29/h6-19,29H,1-5H3/b21-18-,28-17+. The van der Waals surface area contributed by atoms with Crippen molar-refractivity contribution in [2.75, 3.05) is 31.0 Å². The van der Waals surface area contributed by atoms with E-state index in [-0.39, 0.29) is 10.9 Å². The molecule has 0 N–H and O–H groups in total. The lowest BCUT2D eigenvalue weighted by Crippen LogP contribution is -2.24. The molecular weight excluding hydrogens is 525 g/mol. The molecule has 0 saturated heterocycles. The van der Waals surface area contributed by atoms with E-state index in [4.69, 9.17) is 4.74 Å². The summed E-state index contributed by atoms with van der Waals surface area (Å²) in [6.45, 7) is 2.02. The number of hydrogen-bond donors (Lipinski definition) is 0. The van der Waals surface area contributed by atoms with Gasteiger partial charge in [-0.15, -0.1) is 0 Å². The van der Waals surface area contributed by atoms with E-state index < -0.39 is 0 Å². The molecule has 0 saturated carbocycles. The fraction of sp³-hybridized carbons (Fsp3) is 0.194. The van der Waals surface area contributed by atoms with Crippen molar-refractivity contribution >= 4 is 40.5 Å². The molecule has 198 valence electrons. The van der Waals surface area contributed by atoms with Gasteiger partial charge in [0, 0.05) is 36.6 Å². The van der Waals surface area contributed by atoms with Gasteiger partial charge in [-0.1, -0.05) is 53.9 Å². The van der Waals surface area contributed by atoms with E-state index in [0.29, 0.717) is 5.56 Å². The molecule has 0 spiro atoms. The number of hydrogen-bond acceptors (Lipinski definition) is 6. The summed E-state index contributed by atoms with van der Waals surface area (Å²) in [5, 5.41) is 1.10. The predicted molar refractivity (Wildman–Crippen MR) is 164 cm³/mol. The zero-order chi connectivity index (χ0) is 27.3. The van der Waals surface area contributed by atoms with Crippen molar-refractivity contribution < 1.29 is 4.74 Å². The molecule has 8 heteroatoms. The number of fused-ring (bicyclic) bond motifs is 2. The number of nitrogens with zero attached hydrogens (tertiary/aromatic N) is 4. The van der Waals surface area contributed by atoms with Gasteiger partial charge in [-0.2, -0.15) is 0 Å². The van der Waals surface area contributed by atoms with Crippen molar-refractivity contribution in [3.05, 3.63) is 112 Å². The molecule has 3 aromatic carbocycles. The second kappa shape index (κ2) is 10.1. The van der Waals surface area contributed by atoms with Gasteiger partial charge in [0.25, 0.3) is 5.56 Å². The van der Waals surface area contributed by atoms with E-state index in [1.54, 1.807) is 35.3 Å². The lowest BCUT2D eigenvalue weighted by molar-refractivity contribution is 0.414. The zero-order valence-corrected chi connectivity index (χ0v) is 24.2. The van der Waals surface area contributed by atoms with Gasteiger partial charge in [0.2, 0.25) is 0 Å². The summed E-state index contributed by atoms with van der Waals surface area (Å²) in [6, 6.07) is 24.4. The minimum Gasteiger partial charge on any atom is -0.497 e. The number of thioether (sulfide) groups is 2. The van der Waals surface area contributed by atoms with Gasteiger partial charge in [-0.3, -0.25) is 9.48 Å². The van der Waals surface area contributed by atoms with Gasteiger partial charge < -0.3 is 14.5 Å². The van der Waals surface area contributed by atoms with Crippen molar-refractivity contribution in [2.45, 2.75) is 22.1 Å². The van der Waals surface area contributed by atoms with Gasteiger partial charge in [-0.25, -0.2) is 4.68 Å². The molecule has 0 aliphatic carbocycles. The summed E-state index contributed by atoms with van der Waals surface area (Å²) in [5.41, 5.74) is 5.68. The highest BCUT2D eigenvalue weighted by Crippen LogP contribution is 2.47. The molecule has 1 atom stereocenters. The van der Waals surface area contributed by atoms with Gasteiger partial charge >= 0.3 is 0 Å². The Morgan fingerprint density at radius 1 is 0.923 bits per heavy atom. The molecule has 0 amide bonds. The van der Waals surface area contributed by atoms with Crippen LogP contribution in [0.5, 0.6) is 5.75 Å². The van der Waals surface area contributed by atoms with E-state index in [1.165, 1.54) is 10.6 Å². The highest BCUT2D eigenvalue weighted by Gasteiger charge is 2.29. The summed E-state index contributed by atoms with van der Waals surface area (Å²) in [7, 11) is 7.82. The third kappa shape index (κ3) is 4.37. The van der Waals surface area contributed by atoms with E-state index >= 15 is 0 Å². The molecule has 0 bridgehead atoms. The van der Waals surface area contributed by atoms with Crippen molar-refractivity contribution in [3.63, 3.8) is 0 Å². The Morgan fingerprint density at radius 2 is 1.67 bits per heavy atom. The third-order valence-electron chi connectivity index (χ3n) is 7.39. The maximum absolute atomic E-state index is 14.1. The lowest BCUT2D eigenvalue weighted by atomic mass is 10.1. The van der Waals surface area contributed by atoms with Gasteiger partial charge in [0.05, 0.1) is 40.1 Å². The Hall–Kier alpha value is -3.75. The molecule has 2 aliphatic heterocycles. The summed E-state index contributed by atoms with van der Waals surface area (Å²) < 4.78 is 9.17. The molecule has 1 aromatic heterocycles. The number of benzene rings is 3. The van der Waals surface area contributed by atoms with Crippen LogP contribution >= 0.6 is 23.5 Å². The fourth-order valence-electron chi connectivity index (χ4n) is 5.14. The Balaban J connectivity index is 1.50. The minimum absolute atomic E-state index is 0.0159. The molecule has 39 heavy (non-hydrogen) atoms. The number of anilines is 2. The van der Waals surface area contributed by atoms with Crippen LogP contribution in [0, 0.1) is 6.92 Å². The summed E-state index contributed by atoms with van der Waals surface area (Å²) >= 11 is 3.50. The maximum Gasteiger partial charge on any atom is 0.279 e. The molecule has 0 fully saturated rings. The lowest BCUT2D eigenvalue weighted by Gasteiger charge is -2.20. The van der Waals surface area contributed by atoms with Crippen molar-refractivity contribution in [3.8, 4) is 11.4 Å². The molecule has 0 radical (unpaired) electrons. The average molecular weight is 555 g/mol. The molecule has 6 nitrogen and oxygen atoms in total. The first-order valence-corrected chi connectivity index (χ1v) is 14.4. The molecule has 3 heterocycles. The Labute approximate surface area is 237 Å². The summed E-state index contributed by atoms with van der Waals surface area (Å²) in [4.78, 5) is 20.9. The van der Waals surface area contributed by atoms with Gasteiger partial charge in [0.1, 0.15) is 5.75 Å². The highest BCUT2D eigenvalue weighted by molar-refractivity contribution is 8.03.